The number of likely N-dealkylation sites (tertiary alicyclic amines) is 1. The van der Waals surface area contributed by atoms with E-state index in [1.807, 2.05) is 0 Å². The van der Waals surface area contributed by atoms with Crippen LogP contribution in [0.1, 0.15) is 0 Å². The van der Waals surface area contributed by atoms with E-state index in [0.29, 0.717) is 13.1 Å². The maximum Gasteiger partial charge on any atom is 0.0988 e. The first-order valence-corrected chi connectivity index (χ1v) is 4.02. The van der Waals surface area contributed by atoms with Crippen molar-refractivity contribution in [1.82, 2.24) is 4.90 Å². The van der Waals surface area contributed by atoms with E-state index in [1.165, 1.54) is 0 Å². The minimum Gasteiger partial charge on any atom is -0.395 e. The van der Waals surface area contributed by atoms with Crippen LogP contribution in [0.4, 0.5) is 0 Å². The molecular weight excluding hydrogens is 198 g/mol. The van der Waals surface area contributed by atoms with Crippen molar-refractivity contribution in [2.75, 3.05) is 26.3 Å². The Hall–Kier alpha value is 0.0900. The summed E-state index contributed by atoms with van der Waals surface area (Å²) in [4.78, 5) is 1.68. The van der Waals surface area contributed by atoms with E-state index in [1.54, 1.807) is 4.90 Å². The fourth-order valence-corrected chi connectivity index (χ4v) is 1.57. The second kappa shape index (κ2) is 5.74. The zero-order chi connectivity index (χ0) is 9.14. The Morgan fingerprint density at radius 2 is 1.85 bits per heavy atom. The van der Waals surface area contributed by atoms with Crippen molar-refractivity contribution in [3.05, 3.63) is 0 Å². The molecule has 1 aliphatic rings. The molecule has 0 spiro atoms. The van der Waals surface area contributed by atoms with Gasteiger partial charge >= 0.3 is 0 Å². The molecule has 5 nitrogen and oxygen atoms in total. The molecule has 0 bridgehead atoms. The molecule has 0 aromatic carbocycles. The first-order chi connectivity index (χ1) is 5.70. The molecule has 0 unspecified atom stereocenters. The Morgan fingerprint density at radius 3 is 2.31 bits per heavy atom. The monoisotopic (exact) mass is 213 g/mol. The van der Waals surface area contributed by atoms with E-state index in [4.69, 9.17) is 10.2 Å². The SMILES string of the molecule is Cl.OCCN1C[C@@H](O)[C@H](O)[C@@H]1CO. The number of hydrogen-bond donors (Lipinski definition) is 4. The molecule has 1 saturated heterocycles. The van der Waals surface area contributed by atoms with E-state index in [2.05, 4.69) is 0 Å². The van der Waals surface area contributed by atoms with Gasteiger partial charge in [0.15, 0.2) is 0 Å². The number of β-amino-alcohol motifs (C(OH)–C–C–N with tert-alkyl or cyclic N) is 2. The van der Waals surface area contributed by atoms with Crippen LogP contribution in [-0.4, -0.2) is 69.9 Å². The number of nitrogens with zero attached hydrogens (tertiary/aromatic N) is 1. The van der Waals surface area contributed by atoms with Gasteiger partial charge in [-0.2, -0.15) is 0 Å². The number of aliphatic hydroxyl groups is 4. The van der Waals surface area contributed by atoms with Crippen molar-refractivity contribution < 1.29 is 20.4 Å². The Morgan fingerprint density at radius 1 is 1.23 bits per heavy atom. The summed E-state index contributed by atoms with van der Waals surface area (Å²) < 4.78 is 0. The molecule has 1 heterocycles. The standard InChI is InChI=1S/C7H15NO4.ClH/c9-2-1-8-3-6(11)7(12)5(8)4-10;/h5-7,9-12H,1-4H2;1H/t5-,6+,7+;/m0./s1. The summed E-state index contributed by atoms with van der Waals surface area (Å²) >= 11 is 0. The average Bonchev–Trinajstić information content (AvgIpc) is 2.29. The van der Waals surface area contributed by atoms with Gasteiger partial charge in [-0.15, -0.1) is 12.4 Å². The van der Waals surface area contributed by atoms with Gasteiger partial charge < -0.3 is 20.4 Å². The van der Waals surface area contributed by atoms with Crippen molar-refractivity contribution in [3.8, 4) is 0 Å². The highest BCUT2D eigenvalue weighted by atomic mass is 35.5. The van der Waals surface area contributed by atoms with E-state index < -0.39 is 18.2 Å². The normalized spacial score (nSPS) is 34.6. The molecule has 13 heavy (non-hydrogen) atoms. The lowest BCUT2D eigenvalue weighted by Crippen LogP contribution is -2.40. The van der Waals surface area contributed by atoms with Crippen LogP contribution in [0.5, 0.6) is 0 Å². The van der Waals surface area contributed by atoms with Crippen LogP contribution in [0.15, 0.2) is 0 Å². The largest absolute Gasteiger partial charge is 0.395 e. The average molecular weight is 214 g/mol. The van der Waals surface area contributed by atoms with Crippen LogP contribution in [0.25, 0.3) is 0 Å². The highest BCUT2D eigenvalue weighted by molar-refractivity contribution is 5.85. The predicted molar refractivity (Wildman–Crippen MR) is 48.8 cm³/mol. The van der Waals surface area contributed by atoms with Gasteiger partial charge in [-0.1, -0.05) is 0 Å². The maximum absolute atomic E-state index is 9.32. The molecular formula is C7H16ClNO4. The van der Waals surface area contributed by atoms with Crippen LogP contribution < -0.4 is 0 Å². The van der Waals surface area contributed by atoms with Gasteiger partial charge in [-0.25, -0.2) is 0 Å². The molecule has 1 aliphatic heterocycles. The van der Waals surface area contributed by atoms with Crippen LogP contribution in [0.2, 0.25) is 0 Å². The summed E-state index contributed by atoms with van der Waals surface area (Å²) in [6.45, 7) is 0.459. The lowest BCUT2D eigenvalue weighted by molar-refractivity contribution is 0.0204. The smallest absolute Gasteiger partial charge is 0.0988 e. The van der Waals surface area contributed by atoms with Crippen molar-refractivity contribution in [1.29, 1.82) is 0 Å². The van der Waals surface area contributed by atoms with E-state index in [9.17, 15) is 10.2 Å². The minimum atomic E-state index is -0.901. The maximum atomic E-state index is 9.32. The number of hydrogen-bond acceptors (Lipinski definition) is 5. The van der Waals surface area contributed by atoms with Crippen LogP contribution >= 0.6 is 12.4 Å². The predicted octanol–water partition coefficient (Wildman–Crippen LogP) is -2.20. The Bertz CT molecular complexity index is 148. The summed E-state index contributed by atoms with van der Waals surface area (Å²) in [5.74, 6) is 0. The van der Waals surface area contributed by atoms with Crippen LogP contribution in [-0.2, 0) is 0 Å². The first-order valence-electron chi connectivity index (χ1n) is 4.02. The van der Waals surface area contributed by atoms with Gasteiger partial charge in [0.1, 0.15) is 0 Å². The van der Waals surface area contributed by atoms with Crippen molar-refractivity contribution in [3.63, 3.8) is 0 Å². The van der Waals surface area contributed by atoms with Gasteiger partial charge in [0.25, 0.3) is 0 Å². The van der Waals surface area contributed by atoms with Crippen molar-refractivity contribution >= 4 is 12.4 Å². The van der Waals surface area contributed by atoms with E-state index in [0.717, 1.165) is 0 Å². The molecule has 80 valence electrons. The van der Waals surface area contributed by atoms with Gasteiger partial charge in [0.05, 0.1) is 31.5 Å². The fourth-order valence-electron chi connectivity index (χ4n) is 1.57. The number of rotatable bonds is 3. The molecule has 0 aliphatic carbocycles. The Labute approximate surface area is 83.0 Å². The zero-order valence-electron chi connectivity index (χ0n) is 7.20. The Balaban J connectivity index is 0.00000144. The second-order valence-corrected chi connectivity index (χ2v) is 3.03. The zero-order valence-corrected chi connectivity index (χ0v) is 8.02. The third kappa shape index (κ3) is 2.77. The van der Waals surface area contributed by atoms with Crippen LogP contribution in [0, 0.1) is 0 Å². The van der Waals surface area contributed by atoms with E-state index in [-0.39, 0.29) is 25.6 Å². The molecule has 0 amide bonds. The molecule has 6 heteroatoms. The quantitative estimate of drug-likeness (QED) is 0.428. The Kier molecular flexibility index (Phi) is 5.78. The molecule has 0 aromatic rings. The lowest BCUT2D eigenvalue weighted by atomic mass is 10.1. The topological polar surface area (TPSA) is 84.2 Å². The molecule has 0 saturated carbocycles. The molecule has 1 fully saturated rings. The molecule has 0 radical (unpaired) electrons. The van der Waals surface area contributed by atoms with Gasteiger partial charge in [0, 0.05) is 13.1 Å². The van der Waals surface area contributed by atoms with E-state index >= 15 is 0 Å². The van der Waals surface area contributed by atoms with Crippen molar-refractivity contribution in [2.24, 2.45) is 0 Å². The minimum absolute atomic E-state index is 0. The third-order valence-electron chi connectivity index (χ3n) is 2.25. The summed E-state index contributed by atoms with van der Waals surface area (Å²) in [6, 6.07) is -0.438. The first kappa shape index (κ1) is 13.1. The molecule has 4 N–H and O–H groups in total. The molecule has 0 aromatic heterocycles. The fraction of sp³-hybridized carbons (Fsp3) is 1.00. The molecule has 3 atom stereocenters. The molecule has 1 rings (SSSR count). The summed E-state index contributed by atoms with van der Waals surface area (Å²) in [5, 5.41) is 36.0. The van der Waals surface area contributed by atoms with Crippen LogP contribution in [0.3, 0.4) is 0 Å². The number of aliphatic hydroxyl groups excluding tert-OH is 4. The lowest BCUT2D eigenvalue weighted by Gasteiger charge is -2.22. The highest BCUT2D eigenvalue weighted by Crippen LogP contribution is 2.17. The summed E-state index contributed by atoms with van der Waals surface area (Å²) in [6.07, 6.45) is -1.71. The second-order valence-electron chi connectivity index (χ2n) is 3.03. The van der Waals surface area contributed by atoms with Crippen molar-refractivity contribution in [2.45, 2.75) is 18.2 Å². The highest BCUT2D eigenvalue weighted by Gasteiger charge is 2.38. The summed E-state index contributed by atoms with van der Waals surface area (Å²) in [7, 11) is 0. The van der Waals surface area contributed by atoms with Gasteiger partial charge in [0.2, 0.25) is 0 Å². The third-order valence-corrected chi connectivity index (χ3v) is 2.25. The van der Waals surface area contributed by atoms with Gasteiger partial charge in [-0.3, -0.25) is 4.90 Å². The number of halogens is 1. The van der Waals surface area contributed by atoms with Gasteiger partial charge in [-0.05, 0) is 0 Å². The summed E-state index contributed by atoms with van der Waals surface area (Å²) in [5.41, 5.74) is 0.